The molecule has 0 amide bonds. The number of carboxylic acid groups (broad SMARTS) is 1. The molecule has 7 nitrogen and oxygen atoms in total. The van der Waals surface area contributed by atoms with E-state index < -0.39 is 5.97 Å². The minimum Gasteiger partial charge on any atom is -0.487 e. The zero-order valence-corrected chi connectivity index (χ0v) is 18.7. The second-order valence-electron chi connectivity index (χ2n) is 7.57. The van der Waals surface area contributed by atoms with Gasteiger partial charge in [0.2, 0.25) is 5.89 Å². The van der Waals surface area contributed by atoms with Gasteiger partial charge in [-0.1, -0.05) is 65.8 Å². The van der Waals surface area contributed by atoms with Gasteiger partial charge in [0.15, 0.2) is 0 Å². The maximum Gasteiger partial charge on any atom is 0.309 e. The third kappa shape index (κ3) is 6.10. The van der Waals surface area contributed by atoms with Crippen molar-refractivity contribution in [2.75, 3.05) is 0 Å². The number of aliphatic carboxylic acids is 1. The summed E-state index contributed by atoms with van der Waals surface area (Å²) in [5, 5.41) is 13.2. The predicted molar refractivity (Wildman–Crippen MR) is 127 cm³/mol. The molecular formula is C27H24N2O5. The van der Waals surface area contributed by atoms with E-state index in [2.05, 4.69) is 10.1 Å². The van der Waals surface area contributed by atoms with E-state index in [-0.39, 0.29) is 19.6 Å². The average Bonchev–Trinajstić information content (AvgIpc) is 3.24. The van der Waals surface area contributed by atoms with Crippen LogP contribution in [0.5, 0.6) is 5.75 Å². The molecule has 7 heteroatoms. The van der Waals surface area contributed by atoms with E-state index in [1.54, 1.807) is 12.1 Å². The number of oxazole rings is 1. The van der Waals surface area contributed by atoms with Crippen LogP contribution in [0.3, 0.4) is 0 Å². The van der Waals surface area contributed by atoms with Crippen molar-refractivity contribution in [3.8, 4) is 17.2 Å². The molecule has 0 bridgehead atoms. The molecule has 0 spiro atoms. The number of benzene rings is 3. The molecule has 0 unspecified atom stereocenters. The first kappa shape index (κ1) is 22.8. The van der Waals surface area contributed by atoms with Crippen LogP contribution in [-0.2, 0) is 22.8 Å². The Bertz CT molecular complexity index is 1250. The summed E-state index contributed by atoms with van der Waals surface area (Å²) in [5.74, 6) is 1.01. The molecular weight excluding hydrogens is 432 g/mol. The molecule has 0 atom stereocenters. The molecule has 1 aromatic heterocycles. The highest BCUT2D eigenvalue weighted by Gasteiger charge is 2.12. The lowest BCUT2D eigenvalue weighted by molar-refractivity contribution is -0.135. The maximum absolute atomic E-state index is 11.2. The van der Waals surface area contributed by atoms with Crippen LogP contribution in [-0.4, -0.2) is 21.8 Å². The Morgan fingerprint density at radius 2 is 1.62 bits per heavy atom. The molecule has 3 aromatic carbocycles. The van der Waals surface area contributed by atoms with Crippen LogP contribution in [0.2, 0.25) is 0 Å². The zero-order chi connectivity index (χ0) is 23.8. The number of carbonyl (C=O) groups is 1. The van der Waals surface area contributed by atoms with Gasteiger partial charge in [0.05, 0.1) is 12.1 Å². The predicted octanol–water partition coefficient (Wildman–Crippen LogP) is 5.62. The van der Waals surface area contributed by atoms with Crippen LogP contribution in [0.4, 0.5) is 0 Å². The van der Waals surface area contributed by atoms with Gasteiger partial charge in [-0.25, -0.2) is 4.98 Å². The number of carboxylic acids is 1. The Hall–Kier alpha value is -4.39. The van der Waals surface area contributed by atoms with Crippen LogP contribution in [0.25, 0.3) is 11.5 Å². The Labute approximate surface area is 197 Å². The largest absolute Gasteiger partial charge is 0.487 e. The van der Waals surface area contributed by atoms with Crippen LogP contribution in [0, 0.1) is 6.92 Å². The smallest absolute Gasteiger partial charge is 0.309 e. The first-order valence-electron chi connectivity index (χ1n) is 10.8. The Balaban J connectivity index is 1.33. The van der Waals surface area contributed by atoms with E-state index in [0.717, 1.165) is 22.6 Å². The third-order valence-electron chi connectivity index (χ3n) is 5.04. The molecule has 0 fully saturated rings. The Morgan fingerprint density at radius 3 is 2.29 bits per heavy atom. The van der Waals surface area contributed by atoms with E-state index >= 15 is 0 Å². The fourth-order valence-corrected chi connectivity index (χ4v) is 3.25. The fraction of sp³-hybridized carbons (Fsp3) is 0.148. The molecule has 0 radical (unpaired) electrons. The lowest BCUT2D eigenvalue weighted by atomic mass is 10.1. The number of hydrogen-bond donors (Lipinski definition) is 1. The topological polar surface area (TPSA) is 94.2 Å². The molecule has 4 rings (SSSR count). The first-order valence-corrected chi connectivity index (χ1v) is 10.8. The molecule has 0 aliphatic rings. The molecule has 0 aliphatic carbocycles. The van der Waals surface area contributed by atoms with E-state index in [9.17, 15) is 4.79 Å². The quantitative estimate of drug-likeness (QED) is 0.246. The van der Waals surface area contributed by atoms with Gasteiger partial charge in [-0.05, 0) is 42.3 Å². The van der Waals surface area contributed by atoms with Crippen LogP contribution in [0.1, 0.15) is 29.0 Å². The van der Waals surface area contributed by atoms with Gasteiger partial charge in [-0.3, -0.25) is 4.79 Å². The van der Waals surface area contributed by atoms with E-state index in [0.29, 0.717) is 22.9 Å². The van der Waals surface area contributed by atoms with E-state index in [4.69, 9.17) is 19.1 Å². The molecule has 4 aromatic rings. The summed E-state index contributed by atoms with van der Waals surface area (Å²) in [6.45, 7) is 2.37. The summed E-state index contributed by atoms with van der Waals surface area (Å²) < 4.78 is 11.6. The van der Waals surface area contributed by atoms with E-state index in [1.165, 1.54) is 0 Å². The summed E-state index contributed by atoms with van der Waals surface area (Å²) in [5.41, 5.74) is 3.62. The monoisotopic (exact) mass is 456 g/mol. The van der Waals surface area contributed by atoms with Crippen LogP contribution < -0.4 is 4.74 Å². The highest BCUT2D eigenvalue weighted by Crippen LogP contribution is 2.23. The molecule has 0 saturated carbocycles. The van der Waals surface area contributed by atoms with Crippen LogP contribution >= 0.6 is 0 Å². The van der Waals surface area contributed by atoms with Gasteiger partial charge in [0.25, 0.3) is 0 Å². The van der Waals surface area contributed by atoms with Crippen LogP contribution in [0.15, 0.2) is 94.5 Å². The lowest BCUT2D eigenvalue weighted by Crippen LogP contribution is -2.09. The van der Waals surface area contributed by atoms with E-state index in [1.807, 2.05) is 79.7 Å². The normalized spacial score (nSPS) is 11.3. The molecule has 0 saturated heterocycles. The summed E-state index contributed by atoms with van der Waals surface area (Å²) in [6.07, 6.45) is -0.218. The average molecular weight is 456 g/mol. The minimum absolute atomic E-state index is 0.207. The number of ether oxygens (including phenoxy) is 1. The molecule has 1 heterocycles. The second kappa shape index (κ2) is 11.0. The number of aromatic nitrogens is 1. The second-order valence-corrected chi connectivity index (χ2v) is 7.57. The molecule has 172 valence electrons. The van der Waals surface area contributed by atoms with Gasteiger partial charge in [-0.15, -0.1) is 0 Å². The van der Waals surface area contributed by atoms with Crippen molar-refractivity contribution in [3.05, 3.63) is 108 Å². The van der Waals surface area contributed by atoms with Crippen molar-refractivity contribution in [1.82, 2.24) is 4.98 Å². The van der Waals surface area contributed by atoms with Gasteiger partial charge < -0.3 is 19.1 Å². The number of oxime groups is 1. The van der Waals surface area contributed by atoms with Gasteiger partial charge >= 0.3 is 5.97 Å². The number of nitrogens with zero attached hydrogens (tertiary/aromatic N) is 2. The third-order valence-corrected chi connectivity index (χ3v) is 5.04. The van der Waals surface area contributed by atoms with Crippen molar-refractivity contribution < 1.29 is 23.9 Å². The number of rotatable bonds is 10. The summed E-state index contributed by atoms with van der Waals surface area (Å²) in [4.78, 5) is 21.1. The highest BCUT2D eigenvalue weighted by atomic mass is 16.6. The zero-order valence-electron chi connectivity index (χ0n) is 18.7. The van der Waals surface area contributed by atoms with Crippen molar-refractivity contribution in [2.45, 2.75) is 26.6 Å². The SMILES string of the molecule is Cc1oc(-c2ccccc2)nc1COc1ccc(CO/N=C(\CC(=O)O)c2ccccc2)cc1. The van der Waals surface area contributed by atoms with Crippen molar-refractivity contribution >= 4 is 11.7 Å². The summed E-state index contributed by atoms with van der Waals surface area (Å²) >= 11 is 0. The minimum atomic E-state index is -0.967. The Kier molecular flexibility index (Phi) is 7.35. The van der Waals surface area contributed by atoms with Crippen molar-refractivity contribution in [3.63, 3.8) is 0 Å². The molecule has 34 heavy (non-hydrogen) atoms. The summed E-state index contributed by atoms with van der Waals surface area (Å²) in [6, 6.07) is 26.3. The first-order chi connectivity index (χ1) is 16.6. The highest BCUT2D eigenvalue weighted by molar-refractivity contribution is 6.08. The standard InChI is InChI=1S/C27H24N2O5/c1-19-25(28-27(34-19)22-10-6-3-7-11-22)18-32-23-14-12-20(13-15-23)17-33-29-24(16-26(30)31)21-8-4-2-5-9-21/h2-15H,16-18H2,1H3,(H,30,31)/b29-24+. The van der Waals surface area contributed by atoms with Crippen molar-refractivity contribution in [2.24, 2.45) is 5.16 Å². The van der Waals surface area contributed by atoms with Gasteiger partial charge in [0.1, 0.15) is 30.4 Å². The van der Waals surface area contributed by atoms with Gasteiger partial charge in [-0.2, -0.15) is 0 Å². The van der Waals surface area contributed by atoms with Crippen molar-refractivity contribution in [1.29, 1.82) is 0 Å². The lowest BCUT2D eigenvalue weighted by Gasteiger charge is -2.07. The fourth-order valence-electron chi connectivity index (χ4n) is 3.25. The summed E-state index contributed by atoms with van der Waals surface area (Å²) in [7, 11) is 0. The maximum atomic E-state index is 11.2. The molecule has 0 aliphatic heterocycles. The Morgan fingerprint density at radius 1 is 0.941 bits per heavy atom. The number of aryl methyl sites for hydroxylation is 1. The van der Waals surface area contributed by atoms with Gasteiger partial charge in [0, 0.05) is 5.56 Å². The number of hydrogen-bond acceptors (Lipinski definition) is 6. The molecule has 1 N–H and O–H groups in total.